The molecular formula is C23H27N5O2S. The molecule has 162 valence electrons. The first-order chi connectivity index (χ1) is 15.1. The number of hydrogen-bond acceptors (Lipinski definition) is 6. The number of nitrogens with zero attached hydrogens (tertiary/aromatic N) is 1. The molecule has 1 aliphatic heterocycles. The van der Waals surface area contributed by atoms with Crippen molar-refractivity contribution in [2.45, 2.75) is 37.4 Å². The van der Waals surface area contributed by atoms with E-state index in [0.717, 1.165) is 28.1 Å². The molecule has 1 fully saturated rings. The Bertz CT molecular complexity index is 1010. The smallest absolute Gasteiger partial charge is 0.237 e. The Morgan fingerprint density at radius 1 is 1.16 bits per heavy atom. The molecule has 0 spiro atoms. The highest BCUT2D eigenvalue weighted by Crippen LogP contribution is 2.29. The van der Waals surface area contributed by atoms with Gasteiger partial charge in [0, 0.05) is 12.6 Å². The van der Waals surface area contributed by atoms with Crippen LogP contribution in [0.2, 0.25) is 0 Å². The summed E-state index contributed by atoms with van der Waals surface area (Å²) in [5.74, 6) is -0.273. The van der Waals surface area contributed by atoms with Gasteiger partial charge in [-0.05, 0) is 37.0 Å². The van der Waals surface area contributed by atoms with Crippen molar-refractivity contribution in [3.8, 4) is 0 Å². The molecule has 3 aromatic rings. The summed E-state index contributed by atoms with van der Waals surface area (Å²) in [5.41, 5.74) is 7.55. The van der Waals surface area contributed by atoms with Crippen LogP contribution in [0.3, 0.4) is 0 Å². The van der Waals surface area contributed by atoms with E-state index in [2.05, 4.69) is 34.1 Å². The molecular weight excluding hydrogens is 410 g/mol. The molecule has 0 radical (unpaired) electrons. The van der Waals surface area contributed by atoms with Crippen LogP contribution in [0.1, 0.15) is 29.5 Å². The zero-order chi connectivity index (χ0) is 21.6. The van der Waals surface area contributed by atoms with E-state index in [4.69, 9.17) is 10.7 Å². The van der Waals surface area contributed by atoms with E-state index in [-0.39, 0.29) is 36.5 Å². The first kappa shape index (κ1) is 21.4. The van der Waals surface area contributed by atoms with Gasteiger partial charge in [-0.15, -0.1) is 11.3 Å². The van der Waals surface area contributed by atoms with Crippen LogP contribution in [-0.2, 0) is 16.0 Å². The fourth-order valence-electron chi connectivity index (χ4n) is 3.86. The number of aromatic nitrogens is 1. The predicted octanol–water partition coefficient (Wildman–Crippen LogP) is 1.89. The Morgan fingerprint density at radius 2 is 1.94 bits per heavy atom. The van der Waals surface area contributed by atoms with E-state index in [1.54, 1.807) is 11.3 Å². The first-order valence-electron chi connectivity index (χ1n) is 10.5. The predicted molar refractivity (Wildman–Crippen MR) is 123 cm³/mol. The Hall–Kier alpha value is -2.81. The Balaban J connectivity index is 1.46. The maximum Gasteiger partial charge on any atom is 0.237 e. The van der Waals surface area contributed by atoms with Gasteiger partial charge in [0.05, 0.1) is 28.8 Å². The van der Waals surface area contributed by atoms with Gasteiger partial charge in [-0.2, -0.15) is 0 Å². The van der Waals surface area contributed by atoms with Crippen molar-refractivity contribution >= 4 is 33.4 Å². The minimum atomic E-state index is -0.350. The lowest BCUT2D eigenvalue weighted by Crippen LogP contribution is -2.42. The second-order valence-electron chi connectivity index (χ2n) is 7.77. The van der Waals surface area contributed by atoms with E-state index in [1.165, 1.54) is 5.56 Å². The van der Waals surface area contributed by atoms with Crippen molar-refractivity contribution < 1.29 is 9.59 Å². The van der Waals surface area contributed by atoms with Crippen LogP contribution in [0.5, 0.6) is 0 Å². The van der Waals surface area contributed by atoms with Gasteiger partial charge in [0.15, 0.2) is 0 Å². The van der Waals surface area contributed by atoms with Crippen LogP contribution < -0.4 is 21.7 Å². The van der Waals surface area contributed by atoms with Crippen molar-refractivity contribution in [3.63, 3.8) is 0 Å². The van der Waals surface area contributed by atoms with Crippen LogP contribution in [0.25, 0.3) is 10.2 Å². The minimum Gasteiger partial charge on any atom is -0.351 e. The van der Waals surface area contributed by atoms with Gasteiger partial charge in [-0.3, -0.25) is 9.59 Å². The largest absolute Gasteiger partial charge is 0.351 e. The number of fused-ring (bicyclic) bond motifs is 1. The molecule has 2 aromatic carbocycles. The topological polar surface area (TPSA) is 109 Å². The molecule has 3 unspecified atom stereocenters. The second-order valence-corrected chi connectivity index (χ2v) is 8.83. The molecule has 1 saturated heterocycles. The number of rotatable bonds is 8. The van der Waals surface area contributed by atoms with E-state index in [0.29, 0.717) is 13.0 Å². The van der Waals surface area contributed by atoms with Gasteiger partial charge in [0.25, 0.3) is 0 Å². The van der Waals surface area contributed by atoms with E-state index in [1.807, 2.05) is 36.4 Å². The molecule has 7 nitrogen and oxygen atoms in total. The average molecular weight is 438 g/mol. The summed E-state index contributed by atoms with van der Waals surface area (Å²) in [6.45, 7) is 0.506. The minimum absolute atomic E-state index is 0.0491. The van der Waals surface area contributed by atoms with Crippen molar-refractivity contribution in [3.05, 3.63) is 65.2 Å². The summed E-state index contributed by atoms with van der Waals surface area (Å²) in [6.07, 6.45) is 2.15. The van der Waals surface area contributed by atoms with E-state index < -0.39 is 0 Å². The van der Waals surface area contributed by atoms with Crippen LogP contribution in [-0.4, -0.2) is 42.0 Å². The SMILES string of the molecule is NCC(=O)NC1CNC(C(=O)NC(CCc2ccccc2)c2nc3ccccc3s2)C1. The van der Waals surface area contributed by atoms with Crippen LogP contribution in [0, 0.1) is 0 Å². The van der Waals surface area contributed by atoms with Crippen molar-refractivity contribution in [2.75, 3.05) is 13.1 Å². The summed E-state index contributed by atoms with van der Waals surface area (Å²) in [6, 6.07) is 17.7. The average Bonchev–Trinajstić information content (AvgIpc) is 3.44. The van der Waals surface area contributed by atoms with Crippen molar-refractivity contribution in [2.24, 2.45) is 5.73 Å². The van der Waals surface area contributed by atoms with Gasteiger partial charge in [0.2, 0.25) is 11.8 Å². The summed E-state index contributed by atoms with van der Waals surface area (Å²) >= 11 is 1.62. The fourth-order valence-corrected chi connectivity index (χ4v) is 4.91. The van der Waals surface area contributed by atoms with Crippen molar-refractivity contribution in [1.29, 1.82) is 0 Å². The van der Waals surface area contributed by atoms with Gasteiger partial charge in [-0.1, -0.05) is 42.5 Å². The van der Waals surface area contributed by atoms with E-state index in [9.17, 15) is 9.59 Å². The summed E-state index contributed by atoms with van der Waals surface area (Å²) in [7, 11) is 0. The number of nitrogens with two attached hydrogens (primary N) is 1. The number of carbonyl (C=O) groups excluding carboxylic acids is 2. The number of carbonyl (C=O) groups is 2. The Kier molecular flexibility index (Phi) is 6.91. The highest BCUT2D eigenvalue weighted by molar-refractivity contribution is 7.18. The number of nitrogens with one attached hydrogen (secondary N) is 3. The van der Waals surface area contributed by atoms with Crippen LogP contribution >= 0.6 is 11.3 Å². The van der Waals surface area contributed by atoms with Gasteiger partial charge < -0.3 is 21.7 Å². The molecule has 0 bridgehead atoms. The van der Waals surface area contributed by atoms with Crippen LogP contribution in [0.4, 0.5) is 0 Å². The number of benzene rings is 2. The lowest BCUT2D eigenvalue weighted by molar-refractivity contribution is -0.124. The molecule has 0 aliphatic carbocycles. The molecule has 4 rings (SSSR count). The second kappa shape index (κ2) is 10.00. The normalized spacial score (nSPS) is 19.3. The number of hydrogen-bond donors (Lipinski definition) is 4. The lowest BCUT2D eigenvalue weighted by Gasteiger charge is -2.19. The highest BCUT2D eigenvalue weighted by Gasteiger charge is 2.31. The highest BCUT2D eigenvalue weighted by atomic mass is 32.1. The molecule has 5 N–H and O–H groups in total. The maximum atomic E-state index is 13.0. The van der Waals surface area contributed by atoms with E-state index >= 15 is 0 Å². The van der Waals surface area contributed by atoms with Crippen molar-refractivity contribution in [1.82, 2.24) is 20.9 Å². The standard InChI is InChI=1S/C23H27N5O2S/c24-13-21(29)26-16-12-19(25-14-16)22(30)27-18(11-10-15-6-2-1-3-7-15)23-28-17-8-4-5-9-20(17)31-23/h1-9,16,18-19,25H,10-14,24H2,(H,26,29)(H,27,30). The zero-order valence-corrected chi connectivity index (χ0v) is 18.0. The molecule has 2 amide bonds. The summed E-state index contributed by atoms with van der Waals surface area (Å²) in [4.78, 5) is 29.3. The molecule has 31 heavy (non-hydrogen) atoms. The van der Waals surface area contributed by atoms with Gasteiger partial charge >= 0.3 is 0 Å². The molecule has 0 saturated carbocycles. The molecule has 2 heterocycles. The monoisotopic (exact) mass is 437 g/mol. The molecule has 3 atom stereocenters. The molecule has 1 aliphatic rings. The number of amides is 2. The quantitative estimate of drug-likeness (QED) is 0.430. The van der Waals surface area contributed by atoms with Crippen LogP contribution in [0.15, 0.2) is 54.6 Å². The van der Waals surface area contributed by atoms with Gasteiger partial charge in [-0.25, -0.2) is 4.98 Å². The molecule has 1 aromatic heterocycles. The molecule has 8 heteroatoms. The zero-order valence-electron chi connectivity index (χ0n) is 17.2. The Morgan fingerprint density at radius 3 is 2.71 bits per heavy atom. The maximum absolute atomic E-state index is 13.0. The summed E-state index contributed by atoms with van der Waals surface area (Å²) in [5, 5.41) is 10.2. The first-order valence-corrected chi connectivity index (χ1v) is 11.4. The fraction of sp³-hybridized carbons (Fsp3) is 0.348. The lowest BCUT2D eigenvalue weighted by atomic mass is 10.0. The third-order valence-corrected chi connectivity index (χ3v) is 6.64. The third kappa shape index (κ3) is 5.46. The number of aryl methyl sites for hydroxylation is 1. The number of para-hydroxylation sites is 1. The Labute approximate surface area is 185 Å². The van der Waals surface area contributed by atoms with Gasteiger partial charge in [0.1, 0.15) is 5.01 Å². The third-order valence-electron chi connectivity index (χ3n) is 5.49. The summed E-state index contributed by atoms with van der Waals surface area (Å²) < 4.78 is 1.11. The number of thiazole rings is 1.